The van der Waals surface area contributed by atoms with Gasteiger partial charge in [0.05, 0.1) is 11.9 Å². The fourth-order valence-corrected chi connectivity index (χ4v) is 3.01. The molecular weight excluding hydrogens is 288 g/mol. The molecule has 1 N–H and O–H groups in total. The van der Waals surface area contributed by atoms with Gasteiger partial charge >= 0.3 is 0 Å². The molecule has 1 aromatic carbocycles. The Kier molecular flexibility index (Phi) is 4.76. The van der Waals surface area contributed by atoms with Crippen molar-refractivity contribution < 1.29 is 4.79 Å². The molecule has 2 aromatic rings. The summed E-state index contributed by atoms with van der Waals surface area (Å²) in [5.74, 6) is 0.235. The number of hydrogen-bond donors (Lipinski definition) is 1. The highest BCUT2D eigenvalue weighted by Crippen LogP contribution is 2.13. The smallest absolute Gasteiger partial charge is 0.223 e. The maximum Gasteiger partial charge on any atom is 0.223 e. The van der Waals surface area contributed by atoms with Gasteiger partial charge in [0, 0.05) is 37.8 Å². The topological polar surface area (TPSA) is 50.2 Å². The van der Waals surface area contributed by atoms with Crippen LogP contribution < -0.4 is 5.32 Å². The van der Waals surface area contributed by atoms with Gasteiger partial charge in [0.1, 0.15) is 0 Å². The van der Waals surface area contributed by atoms with Crippen LogP contribution in [0.4, 0.5) is 0 Å². The fraction of sp³-hybridized carbons (Fsp3) is 0.444. The molecular formula is C18H24N4O. The molecule has 0 aliphatic carbocycles. The molecule has 0 bridgehead atoms. The Balaban J connectivity index is 1.58. The van der Waals surface area contributed by atoms with Crippen molar-refractivity contribution in [3.8, 4) is 5.69 Å². The van der Waals surface area contributed by atoms with Crippen LogP contribution in [-0.4, -0.2) is 45.8 Å². The van der Waals surface area contributed by atoms with E-state index in [1.807, 2.05) is 52.3 Å². The second-order valence-electron chi connectivity index (χ2n) is 6.20. The molecule has 5 nitrogen and oxygen atoms in total. The molecule has 1 saturated heterocycles. The van der Waals surface area contributed by atoms with Crippen molar-refractivity contribution in [3.63, 3.8) is 0 Å². The zero-order chi connectivity index (χ0) is 16.2. The van der Waals surface area contributed by atoms with Gasteiger partial charge in [-0.15, -0.1) is 0 Å². The summed E-state index contributed by atoms with van der Waals surface area (Å²) in [5.41, 5.74) is 2.13. The number of nitrogens with one attached hydrogen (secondary N) is 1. The highest BCUT2D eigenvalue weighted by atomic mass is 16.2. The lowest BCUT2D eigenvalue weighted by Crippen LogP contribution is -2.57. The van der Waals surface area contributed by atoms with Gasteiger partial charge in [-0.25, -0.2) is 4.68 Å². The van der Waals surface area contributed by atoms with E-state index in [2.05, 4.69) is 24.3 Å². The number of hydrogen-bond acceptors (Lipinski definition) is 3. The first-order valence-corrected chi connectivity index (χ1v) is 8.27. The molecule has 122 valence electrons. The van der Waals surface area contributed by atoms with Crippen molar-refractivity contribution in [1.82, 2.24) is 20.0 Å². The maximum atomic E-state index is 12.5. The first kappa shape index (κ1) is 15.7. The van der Waals surface area contributed by atoms with Gasteiger partial charge in [0.2, 0.25) is 5.91 Å². The van der Waals surface area contributed by atoms with E-state index in [-0.39, 0.29) is 11.9 Å². The third kappa shape index (κ3) is 3.62. The van der Waals surface area contributed by atoms with Crippen LogP contribution in [0, 0.1) is 0 Å². The fourth-order valence-electron chi connectivity index (χ4n) is 3.01. The lowest BCUT2D eigenvalue weighted by Gasteiger charge is -2.38. The Morgan fingerprint density at radius 1 is 1.30 bits per heavy atom. The summed E-state index contributed by atoms with van der Waals surface area (Å²) in [6.45, 7) is 5.92. The number of rotatable bonds is 4. The van der Waals surface area contributed by atoms with Gasteiger partial charge in [-0.2, -0.15) is 5.10 Å². The van der Waals surface area contributed by atoms with E-state index in [0.29, 0.717) is 12.5 Å². The SMILES string of the molecule is CC1NCCN(C(=O)CCc2cnn(-c3ccccc3)c2)C1C. The lowest BCUT2D eigenvalue weighted by molar-refractivity contribution is -0.134. The first-order valence-electron chi connectivity index (χ1n) is 8.27. The molecule has 0 saturated carbocycles. The number of nitrogens with zero attached hydrogens (tertiary/aromatic N) is 3. The number of carbonyl (C=O) groups is 1. The molecule has 0 spiro atoms. The Morgan fingerprint density at radius 2 is 2.09 bits per heavy atom. The molecule has 5 heteroatoms. The van der Waals surface area contributed by atoms with Crippen LogP contribution in [-0.2, 0) is 11.2 Å². The number of para-hydroxylation sites is 1. The summed E-state index contributed by atoms with van der Waals surface area (Å²) < 4.78 is 1.86. The van der Waals surface area contributed by atoms with Crippen LogP contribution in [0.25, 0.3) is 5.69 Å². The van der Waals surface area contributed by atoms with E-state index in [4.69, 9.17) is 0 Å². The summed E-state index contributed by atoms with van der Waals surface area (Å²) in [7, 11) is 0. The molecule has 1 amide bonds. The van der Waals surface area contributed by atoms with Crippen molar-refractivity contribution in [3.05, 3.63) is 48.3 Å². The number of benzene rings is 1. The van der Waals surface area contributed by atoms with E-state index in [9.17, 15) is 4.79 Å². The molecule has 1 aliphatic heterocycles. The molecule has 1 aliphatic rings. The maximum absolute atomic E-state index is 12.5. The molecule has 2 unspecified atom stereocenters. The summed E-state index contributed by atoms with van der Waals surface area (Å²) in [6, 6.07) is 10.6. The quantitative estimate of drug-likeness (QED) is 0.939. The molecule has 0 radical (unpaired) electrons. The highest BCUT2D eigenvalue weighted by Gasteiger charge is 2.27. The number of carbonyl (C=O) groups excluding carboxylic acids is 1. The third-order valence-electron chi connectivity index (χ3n) is 4.64. The van der Waals surface area contributed by atoms with Crippen LogP contribution in [0.3, 0.4) is 0 Å². The Labute approximate surface area is 137 Å². The zero-order valence-electron chi connectivity index (χ0n) is 13.8. The largest absolute Gasteiger partial charge is 0.337 e. The second kappa shape index (κ2) is 6.96. The van der Waals surface area contributed by atoms with E-state index in [0.717, 1.165) is 30.8 Å². The second-order valence-corrected chi connectivity index (χ2v) is 6.20. The van der Waals surface area contributed by atoms with Crippen LogP contribution in [0.15, 0.2) is 42.7 Å². The van der Waals surface area contributed by atoms with Gasteiger partial charge in [-0.3, -0.25) is 4.79 Å². The van der Waals surface area contributed by atoms with Crippen LogP contribution in [0.1, 0.15) is 25.8 Å². The molecule has 3 rings (SSSR count). The van der Waals surface area contributed by atoms with Gasteiger partial charge in [-0.05, 0) is 38.0 Å². The van der Waals surface area contributed by atoms with Crippen LogP contribution in [0.5, 0.6) is 0 Å². The molecule has 2 atom stereocenters. The lowest BCUT2D eigenvalue weighted by atomic mass is 10.1. The molecule has 1 aromatic heterocycles. The van der Waals surface area contributed by atoms with Crippen molar-refractivity contribution in [2.45, 2.75) is 38.8 Å². The monoisotopic (exact) mass is 312 g/mol. The standard InChI is InChI=1S/C18H24N4O/c1-14-15(2)21(11-10-19-14)18(23)9-8-16-12-20-22(13-16)17-6-4-3-5-7-17/h3-7,12-15,19H,8-11H2,1-2H3. The predicted octanol–water partition coefficient (Wildman–Crippen LogP) is 2.01. The van der Waals surface area contributed by atoms with E-state index >= 15 is 0 Å². The minimum atomic E-state index is 0.235. The van der Waals surface area contributed by atoms with Crippen LogP contribution >= 0.6 is 0 Å². The van der Waals surface area contributed by atoms with Crippen molar-refractivity contribution in [2.24, 2.45) is 0 Å². The minimum Gasteiger partial charge on any atom is -0.337 e. The normalized spacial score (nSPS) is 21.4. The summed E-state index contributed by atoms with van der Waals surface area (Å²) >= 11 is 0. The number of amides is 1. The number of aromatic nitrogens is 2. The highest BCUT2D eigenvalue weighted by molar-refractivity contribution is 5.77. The van der Waals surface area contributed by atoms with Gasteiger partial charge in [0.25, 0.3) is 0 Å². The Hall–Kier alpha value is -2.14. The first-order chi connectivity index (χ1) is 11.1. The van der Waals surface area contributed by atoms with E-state index in [1.165, 1.54) is 0 Å². The van der Waals surface area contributed by atoms with Crippen molar-refractivity contribution in [2.75, 3.05) is 13.1 Å². The minimum absolute atomic E-state index is 0.235. The van der Waals surface area contributed by atoms with Crippen molar-refractivity contribution in [1.29, 1.82) is 0 Å². The van der Waals surface area contributed by atoms with Crippen LogP contribution in [0.2, 0.25) is 0 Å². The molecule has 2 heterocycles. The van der Waals surface area contributed by atoms with E-state index < -0.39 is 0 Å². The molecule has 1 fully saturated rings. The molecule has 23 heavy (non-hydrogen) atoms. The van der Waals surface area contributed by atoms with Gasteiger partial charge in [0.15, 0.2) is 0 Å². The zero-order valence-corrected chi connectivity index (χ0v) is 13.8. The summed E-state index contributed by atoms with van der Waals surface area (Å²) in [6.07, 6.45) is 5.13. The average Bonchev–Trinajstić information content (AvgIpc) is 3.05. The van der Waals surface area contributed by atoms with Gasteiger partial charge in [-0.1, -0.05) is 18.2 Å². The summed E-state index contributed by atoms with van der Waals surface area (Å²) in [5, 5.41) is 7.79. The van der Waals surface area contributed by atoms with Gasteiger partial charge < -0.3 is 10.2 Å². The van der Waals surface area contributed by atoms with Crippen molar-refractivity contribution >= 4 is 5.91 Å². The summed E-state index contributed by atoms with van der Waals surface area (Å²) in [4.78, 5) is 14.5. The third-order valence-corrected chi connectivity index (χ3v) is 4.64. The number of piperazine rings is 1. The average molecular weight is 312 g/mol. The Morgan fingerprint density at radius 3 is 2.87 bits per heavy atom. The van der Waals surface area contributed by atoms with E-state index in [1.54, 1.807) is 0 Å². The predicted molar refractivity (Wildman–Crippen MR) is 90.5 cm³/mol. The Bertz CT molecular complexity index is 652. The number of aryl methyl sites for hydroxylation is 1.